The molecule has 1 aromatic heterocycles. The lowest BCUT2D eigenvalue weighted by Crippen LogP contribution is -2.40. The van der Waals surface area contributed by atoms with Crippen LogP contribution in [-0.4, -0.2) is 27.9 Å². The van der Waals surface area contributed by atoms with Crippen molar-refractivity contribution in [2.75, 3.05) is 6.54 Å². The predicted octanol–water partition coefficient (Wildman–Crippen LogP) is 3.00. The summed E-state index contributed by atoms with van der Waals surface area (Å²) in [7, 11) is 0. The summed E-state index contributed by atoms with van der Waals surface area (Å²) in [5.74, 6) is 2.18. The van der Waals surface area contributed by atoms with Crippen LogP contribution in [0.1, 0.15) is 17.2 Å². The van der Waals surface area contributed by atoms with E-state index in [2.05, 4.69) is 15.1 Å². The first-order valence-electron chi connectivity index (χ1n) is 8.22. The molecule has 2 aromatic carbocycles. The zero-order chi connectivity index (χ0) is 21.2. The quantitative estimate of drug-likeness (QED) is 0.214. The first kappa shape index (κ1) is 20.4. The monoisotopic (exact) mass is 410 g/mol. The normalized spacial score (nSPS) is 13.2. The Morgan fingerprint density at radius 3 is 2.45 bits per heavy atom. The van der Waals surface area contributed by atoms with E-state index in [4.69, 9.17) is 11.7 Å². The van der Waals surface area contributed by atoms with E-state index in [-0.39, 0.29) is 11.0 Å². The van der Waals surface area contributed by atoms with Gasteiger partial charge < -0.3 is 5.84 Å². The molecule has 4 N–H and O–H groups in total. The molecular weight excluding hydrogens is 395 g/mol. The zero-order valence-corrected chi connectivity index (χ0v) is 14.7. The van der Waals surface area contributed by atoms with E-state index in [1.54, 1.807) is 0 Å². The third-order valence-corrected chi connectivity index (χ3v) is 4.23. The van der Waals surface area contributed by atoms with Gasteiger partial charge in [0.15, 0.2) is 0 Å². The molecule has 3 rings (SSSR count). The van der Waals surface area contributed by atoms with Crippen LogP contribution in [0.15, 0.2) is 47.7 Å². The summed E-state index contributed by atoms with van der Waals surface area (Å²) in [6, 6.07) is 5.54. The highest BCUT2D eigenvalue weighted by Crippen LogP contribution is 2.42. The fourth-order valence-electron chi connectivity index (χ4n) is 2.86. The van der Waals surface area contributed by atoms with Crippen LogP contribution < -0.4 is 11.7 Å². The van der Waals surface area contributed by atoms with Crippen LogP contribution in [0.5, 0.6) is 0 Å². The average Bonchev–Trinajstić information content (AvgIpc) is 2.66. The van der Waals surface area contributed by atoms with Crippen molar-refractivity contribution in [3.05, 3.63) is 71.3 Å². The molecule has 0 aliphatic heterocycles. The molecule has 11 heteroatoms. The van der Waals surface area contributed by atoms with Gasteiger partial charge >= 0.3 is 0 Å². The molecule has 3 aromatic rings. The second kappa shape index (κ2) is 7.95. The molecule has 0 fully saturated rings. The van der Waals surface area contributed by atoms with E-state index in [1.165, 1.54) is 6.07 Å². The summed E-state index contributed by atoms with van der Waals surface area (Å²) in [6.07, 6.45) is 1.65. The van der Waals surface area contributed by atoms with Crippen molar-refractivity contribution in [1.29, 1.82) is 0 Å². The first-order chi connectivity index (χ1) is 13.7. The topological polar surface area (TPSA) is 93.4 Å². The average molecular weight is 410 g/mol. The highest BCUT2D eigenvalue weighted by molar-refractivity contribution is 5.74. The lowest BCUT2D eigenvalue weighted by Gasteiger charge is -2.29. The number of hydrazine groups is 1. The van der Waals surface area contributed by atoms with Crippen molar-refractivity contribution < 1.29 is 22.0 Å². The second-order valence-corrected chi connectivity index (χ2v) is 6.19. The summed E-state index contributed by atoms with van der Waals surface area (Å²) >= 11 is 0. The van der Waals surface area contributed by atoms with Gasteiger partial charge in [-0.1, -0.05) is 6.07 Å². The molecule has 29 heavy (non-hydrogen) atoms. The van der Waals surface area contributed by atoms with Gasteiger partial charge in [-0.3, -0.25) is 9.99 Å². The number of aromatic nitrogens is 2. The number of nitrogens with two attached hydrogens (primary N) is 2. The van der Waals surface area contributed by atoms with Crippen LogP contribution in [0.25, 0.3) is 11.0 Å². The Morgan fingerprint density at radius 1 is 1.07 bits per heavy atom. The molecule has 0 amide bonds. The standard InChI is InChI=1S/C18H15F5N6/c19-10-1-3-12(14(21)5-10)13(8-29(25)9-27-24)18(22,23)17-7-26-16-6-11(20)2-4-15(16)28-17/h1-7,9,13H,8,24-25H2/b27-9-. The van der Waals surface area contributed by atoms with Gasteiger partial charge in [-0.15, -0.1) is 0 Å². The number of hydrogen-bond donors (Lipinski definition) is 2. The summed E-state index contributed by atoms with van der Waals surface area (Å²) in [5.41, 5.74) is -1.18. The summed E-state index contributed by atoms with van der Waals surface area (Å²) in [5, 5.41) is 3.88. The van der Waals surface area contributed by atoms with E-state index in [0.29, 0.717) is 6.07 Å². The molecule has 0 saturated heterocycles. The summed E-state index contributed by atoms with van der Waals surface area (Å²) < 4.78 is 71.7. The molecule has 1 atom stereocenters. The van der Waals surface area contributed by atoms with Crippen molar-refractivity contribution in [3.63, 3.8) is 0 Å². The number of nitrogens with zero attached hydrogens (tertiary/aromatic N) is 4. The molecule has 1 unspecified atom stereocenters. The Kier molecular flexibility index (Phi) is 5.59. The van der Waals surface area contributed by atoms with Crippen LogP contribution in [0.3, 0.4) is 0 Å². The van der Waals surface area contributed by atoms with Gasteiger partial charge in [-0.05, 0) is 23.8 Å². The Morgan fingerprint density at radius 2 is 1.76 bits per heavy atom. The minimum Gasteiger partial charge on any atom is -0.322 e. The number of benzene rings is 2. The van der Waals surface area contributed by atoms with E-state index in [0.717, 1.165) is 41.8 Å². The molecule has 6 nitrogen and oxygen atoms in total. The SMILES string of the molecule is N/N=C\N(N)CC(c1ccc(F)cc1F)C(F)(F)c1cnc2cc(F)ccc2n1. The molecule has 152 valence electrons. The van der Waals surface area contributed by atoms with Gasteiger partial charge in [0.25, 0.3) is 5.92 Å². The smallest absolute Gasteiger partial charge is 0.299 e. The number of fused-ring (bicyclic) bond motifs is 1. The molecule has 0 bridgehead atoms. The van der Waals surface area contributed by atoms with Gasteiger partial charge in [0.2, 0.25) is 0 Å². The van der Waals surface area contributed by atoms with Gasteiger partial charge in [0.05, 0.1) is 23.1 Å². The Labute approximate surface area is 161 Å². The van der Waals surface area contributed by atoms with E-state index < -0.39 is 47.1 Å². The molecular formula is C18H15F5N6. The zero-order valence-electron chi connectivity index (χ0n) is 14.7. The Bertz CT molecular complexity index is 1060. The van der Waals surface area contributed by atoms with Crippen LogP contribution in [0.2, 0.25) is 0 Å². The van der Waals surface area contributed by atoms with E-state index in [1.807, 2.05) is 0 Å². The van der Waals surface area contributed by atoms with Crippen LogP contribution in [0.4, 0.5) is 22.0 Å². The molecule has 0 aliphatic carbocycles. The van der Waals surface area contributed by atoms with Crippen LogP contribution in [0, 0.1) is 17.5 Å². The molecule has 0 spiro atoms. The fourth-order valence-corrected chi connectivity index (χ4v) is 2.86. The minimum absolute atomic E-state index is 0.0232. The van der Waals surface area contributed by atoms with Crippen molar-refractivity contribution in [1.82, 2.24) is 15.0 Å². The maximum absolute atomic E-state index is 15.4. The lowest BCUT2D eigenvalue weighted by molar-refractivity contribution is -0.0443. The molecule has 1 heterocycles. The number of rotatable bonds is 6. The maximum Gasteiger partial charge on any atom is 0.299 e. The third kappa shape index (κ3) is 4.24. The van der Waals surface area contributed by atoms with Crippen LogP contribution in [-0.2, 0) is 5.92 Å². The number of halogens is 5. The molecule has 0 saturated carbocycles. The predicted molar refractivity (Wildman–Crippen MR) is 96.1 cm³/mol. The second-order valence-electron chi connectivity index (χ2n) is 6.19. The van der Waals surface area contributed by atoms with Crippen molar-refractivity contribution in [2.24, 2.45) is 16.8 Å². The van der Waals surface area contributed by atoms with E-state index >= 15 is 8.78 Å². The van der Waals surface area contributed by atoms with Crippen molar-refractivity contribution >= 4 is 17.4 Å². The van der Waals surface area contributed by atoms with Crippen LogP contribution >= 0.6 is 0 Å². The molecule has 0 aliphatic rings. The van der Waals surface area contributed by atoms with Gasteiger partial charge in [-0.2, -0.15) is 13.9 Å². The number of alkyl halides is 2. The van der Waals surface area contributed by atoms with E-state index in [9.17, 15) is 13.2 Å². The minimum atomic E-state index is -3.78. The highest BCUT2D eigenvalue weighted by Gasteiger charge is 2.46. The van der Waals surface area contributed by atoms with Crippen molar-refractivity contribution in [3.8, 4) is 0 Å². The summed E-state index contributed by atoms with van der Waals surface area (Å²) in [4.78, 5) is 7.65. The Hall–Kier alpha value is -3.34. The first-order valence-corrected chi connectivity index (χ1v) is 8.22. The van der Waals surface area contributed by atoms with Crippen molar-refractivity contribution in [2.45, 2.75) is 11.8 Å². The van der Waals surface area contributed by atoms with Gasteiger partial charge in [0, 0.05) is 18.7 Å². The lowest BCUT2D eigenvalue weighted by atomic mass is 9.89. The Balaban J connectivity index is 2.10. The highest BCUT2D eigenvalue weighted by atomic mass is 19.3. The van der Waals surface area contributed by atoms with Gasteiger partial charge in [0.1, 0.15) is 29.5 Å². The fraction of sp³-hybridized carbons (Fsp3) is 0.167. The third-order valence-electron chi connectivity index (χ3n) is 4.23. The largest absolute Gasteiger partial charge is 0.322 e. The number of hydrogen-bond acceptors (Lipinski definition) is 5. The molecule has 0 radical (unpaired) electrons. The van der Waals surface area contributed by atoms with Gasteiger partial charge in [-0.25, -0.2) is 24.0 Å². The summed E-state index contributed by atoms with van der Waals surface area (Å²) in [6.45, 7) is -0.626. The maximum atomic E-state index is 15.4. The number of hydrazone groups is 1.